The number of amides is 1. The van der Waals surface area contributed by atoms with Gasteiger partial charge in [0, 0.05) is 17.3 Å². The van der Waals surface area contributed by atoms with Crippen LogP contribution in [0.2, 0.25) is 10.0 Å². The van der Waals surface area contributed by atoms with Gasteiger partial charge in [-0.25, -0.2) is 9.97 Å². The van der Waals surface area contributed by atoms with E-state index in [1.54, 1.807) is 11.0 Å². The van der Waals surface area contributed by atoms with E-state index in [1.165, 1.54) is 18.5 Å². The first-order valence-corrected chi connectivity index (χ1v) is 10.2. The van der Waals surface area contributed by atoms with Crippen LogP contribution in [-0.4, -0.2) is 34.0 Å². The summed E-state index contributed by atoms with van der Waals surface area (Å²) < 4.78 is 5.35. The molecule has 1 aromatic heterocycles. The lowest BCUT2D eigenvalue weighted by molar-refractivity contribution is -0.383. The Hall–Kier alpha value is -3.63. The number of para-hydroxylation sites is 1. The SMILES string of the molecule is O=C(COc1ccc(Cl)cc1Cl)NNc1ncnc(N2CCc3ccccc32)c1[N+](=O)[O-]. The van der Waals surface area contributed by atoms with Crippen molar-refractivity contribution in [3.8, 4) is 5.75 Å². The summed E-state index contributed by atoms with van der Waals surface area (Å²) in [5.41, 5.74) is 6.39. The molecule has 1 aliphatic rings. The van der Waals surface area contributed by atoms with E-state index in [0.717, 1.165) is 17.7 Å². The number of fused-ring (bicyclic) bond motifs is 1. The summed E-state index contributed by atoms with van der Waals surface area (Å²) in [6.45, 7) is 0.151. The minimum Gasteiger partial charge on any atom is -0.482 e. The quantitative estimate of drug-likeness (QED) is 0.390. The maximum atomic E-state index is 12.2. The zero-order valence-corrected chi connectivity index (χ0v) is 17.9. The molecule has 0 saturated carbocycles. The summed E-state index contributed by atoms with van der Waals surface area (Å²) in [6, 6.07) is 12.2. The van der Waals surface area contributed by atoms with Gasteiger partial charge in [0.15, 0.2) is 6.61 Å². The molecule has 12 heteroatoms. The van der Waals surface area contributed by atoms with Gasteiger partial charge in [-0.3, -0.25) is 25.8 Å². The molecule has 1 aliphatic heterocycles. The van der Waals surface area contributed by atoms with E-state index in [4.69, 9.17) is 27.9 Å². The zero-order chi connectivity index (χ0) is 22.7. The van der Waals surface area contributed by atoms with Crippen molar-refractivity contribution in [3.63, 3.8) is 0 Å². The average Bonchev–Trinajstić information content (AvgIpc) is 3.20. The molecule has 0 saturated heterocycles. The van der Waals surface area contributed by atoms with E-state index >= 15 is 0 Å². The van der Waals surface area contributed by atoms with Crippen LogP contribution in [0.5, 0.6) is 5.75 Å². The monoisotopic (exact) mass is 474 g/mol. The van der Waals surface area contributed by atoms with E-state index in [0.29, 0.717) is 11.6 Å². The van der Waals surface area contributed by atoms with Gasteiger partial charge in [0.05, 0.1) is 9.95 Å². The highest BCUT2D eigenvalue weighted by Crippen LogP contribution is 2.39. The van der Waals surface area contributed by atoms with E-state index < -0.39 is 10.8 Å². The van der Waals surface area contributed by atoms with Crippen molar-refractivity contribution in [1.29, 1.82) is 0 Å². The third kappa shape index (κ3) is 4.51. The smallest absolute Gasteiger partial charge is 0.355 e. The number of hydrazine groups is 1. The van der Waals surface area contributed by atoms with Gasteiger partial charge in [-0.2, -0.15) is 0 Å². The third-order valence-corrected chi connectivity index (χ3v) is 5.23. The first-order chi connectivity index (χ1) is 15.4. The number of nitro groups is 1. The Kier molecular flexibility index (Phi) is 6.24. The molecule has 1 amide bonds. The molecular weight excluding hydrogens is 459 g/mol. The molecule has 4 rings (SSSR count). The van der Waals surface area contributed by atoms with Gasteiger partial charge in [0.25, 0.3) is 5.91 Å². The minimum atomic E-state index is -0.600. The van der Waals surface area contributed by atoms with Gasteiger partial charge < -0.3 is 9.64 Å². The Morgan fingerprint density at radius 3 is 2.81 bits per heavy atom. The predicted molar refractivity (Wildman–Crippen MR) is 120 cm³/mol. The van der Waals surface area contributed by atoms with E-state index in [1.807, 2.05) is 24.3 Å². The number of halogens is 2. The van der Waals surface area contributed by atoms with Crippen molar-refractivity contribution in [3.05, 3.63) is 74.5 Å². The molecule has 0 unspecified atom stereocenters. The second kappa shape index (κ2) is 9.25. The number of benzene rings is 2. The highest BCUT2D eigenvalue weighted by atomic mass is 35.5. The number of carbonyl (C=O) groups is 1. The average molecular weight is 475 g/mol. The normalized spacial score (nSPS) is 12.2. The number of nitrogens with zero attached hydrogens (tertiary/aromatic N) is 4. The Balaban J connectivity index is 1.48. The number of rotatable bonds is 7. The molecular formula is C20H16Cl2N6O4. The molecule has 3 aromatic rings. The van der Waals surface area contributed by atoms with Crippen molar-refractivity contribution in [1.82, 2.24) is 15.4 Å². The summed E-state index contributed by atoms with van der Waals surface area (Å²) >= 11 is 11.8. The maximum Gasteiger partial charge on any atom is 0.355 e. The topological polar surface area (TPSA) is 123 Å². The van der Waals surface area contributed by atoms with E-state index in [-0.39, 0.29) is 34.7 Å². The second-order valence-corrected chi connectivity index (χ2v) is 7.56. The molecule has 0 spiro atoms. The molecule has 0 fully saturated rings. The van der Waals surface area contributed by atoms with Gasteiger partial charge in [-0.15, -0.1) is 0 Å². The fourth-order valence-electron chi connectivity index (χ4n) is 3.29. The lowest BCUT2D eigenvalue weighted by Gasteiger charge is -2.19. The summed E-state index contributed by atoms with van der Waals surface area (Å²) in [7, 11) is 0. The zero-order valence-electron chi connectivity index (χ0n) is 16.4. The Bertz CT molecular complexity index is 1190. The molecule has 10 nitrogen and oxygen atoms in total. The van der Waals surface area contributed by atoms with Gasteiger partial charge in [0.1, 0.15) is 12.1 Å². The van der Waals surface area contributed by atoms with Crippen LogP contribution < -0.4 is 20.5 Å². The number of aromatic nitrogens is 2. The number of ether oxygens (including phenoxy) is 1. The van der Waals surface area contributed by atoms with Crippen molar-refractivity contribution in [2.24, 2.45) is 0 Å². The number of nitrogens with one attached hydrogen (secondary N) is 2. The van der Waals surface area contributed by atoms with Crippen molar-refractivity contribution >= 4 is 52.1 Å². The van der Waals surface area contributed by atoms with Crippen LogP contribution in [0.1, 0.15) is 5.56 Å². The summed E-state index contributed by atoms with van der Waals surface area (Å²) in [4.78, 5) is 33.2. The van der Waals surface area contributed by atoms with Crippen molar-refractivity contribution in [2.75, 3.05) is 23.5 Å². The van der Waals surface area contributed by atoms with Crippen LogP contribution in [0.15, 0.2) is 48.8 Å². The molecule has 164 valence electrons. The largest absolute Gasteiger partial charge is 0.482 e. The van der Waals surface area contributed by atoms with E-state index in [2.05, 4.69) is 20.8 Å². The fourth-order valence-corrected chi connectivity index (χ4v) is 3.75. The van der Waals surface area contributed by atoms with Crippen LogP contribution in [0.25, 0.3) is 0 Å². The van der Waals surface area contributed by atoms with Gasteiger partial charge in [0.2, 0.25) is 11.6 Å². The van der Waals surface area contributed by atoms with Crippen LogP contribution in [0.3, 0.4) is 0 Å². The molecule has 2 aromatic carbocycles. The minimum absolute atomic E-state index is 0.135. The predicted octanol–water partition coefficient (Wildman–Crippen LogP) is 3.91. The summed E-state index contributed by atoms with van der Waals surface area (Å²) in [6.07, 6.45) is 1.93. The lowest BCUT2D eigenvalue weighted by atomic mass is 10.2. The highest BCUT2D eigenvalue weighted by Gasteiger charge is 2.31. The number of anilines is 3. The Morgan fingerprint density at radius 1 is 1.22 bits per heavy atom. The van der Waals surface area contributed by atoms with Crippen LogP contribution in [-0.2, 0) is 11.2 Å². The first kappa shape index (κ1) is 21.6. The fraction of sp³-hybridized carbons (Fsp3) is 0.150. The summed E-state index contributed by atoms with van der Waals surface area (Å²) in [5.74, 6) is -0.343. The molecule has 0 atom stereocenters. The molecule has 0 radical (unpaired) electrons. The van der Waals surface area contributed by atoms with Gasteiger partial charge in [-0.1, -0.05) is 41.4 Å². The molecule has 0 bridgehead atoms. The number of hydrogen-bond donors (Lipinski definition) is 2. The first-order valence-electron chi connectivity index (χ1n) is 9.41. The van der Waals surface area contributed by atoms with Crippen molar-refractivity contribution < 1.29 is 14.5 Å². The summed E-state index contributed by atoms with van der Waals surface area (Å²) in [5, 5.41) is 12.5. The lowest BCUT2D eigenvalue weighted by Crippen LogP contribution is -2.34. The van der Waals surface area contributed by atoms with Crippen molar-refractivity contribution in [2.45, 2.75) is 6.42 Å². The van der Waals surface area contributed by atoms with Crippen LogP contribution in [0.4, 0.5) is 23.0 Å². The number of hydrogen-bond acceptors (Lipinski definition) is 8. The molecule has 0 aliphatic carbocycles. The third-order valence-electron chi connectivity index (χ3n) is 4.70. The highest BCUT2D eigenvalue weighted by molar-refractivity contribution is 6.35. The van der Waals surface area contributed by atoms with Gasteiger partial charge in [-0.05, 0) is 36.2 Å². The second-order valence-electron chi connectivity index (χ2n) is 6.72. The van der Waals surface area contributed by atoms with E-state index in [9.17, 15) is 14.9 Å². The Morgan fingerprint density at radius 2 is 2.03 bits per heavy atom. The molecule has 2 heterocycles. The molecule has 2 N–H and O–H groups in total. The van der Waals surface area contributed by atoms with Gasteiger partial charge >= 0.3 is 5.69 Å². The maximum absolute atomic E-state index is 12.2. The van der Waals surface area contributed by atoms with Crippen LogP contribution >= 0.6 is 23.2 Å². The molecule has 32 heavy (non-hydrogen) atoms. The standard InChI is InChI=1S/C20H16Cl2N6O4/c21-13-5-6-16(14(22)9-13)32-10-17(29)25-26-19-18(28(30)31)20(24-11-23-19)27-8-7-12-3-1-2-4-15(12)27/h1-6,9,11H,7-8,10H2,(H,25,29)(H,23,24,26). The Labute approximate surface area is 192 Å². The van der Waals surface area contributed by atoms with Crippen LogP contribution in [0, 0.1) is 10.1 Å². The number of carbonyl (C=O) groups excluding carboxylic acids is 1.